The van der Waals surface area contributed by atoms with Gasteiger partial charge in [-0.3, -0.25) is 0 Å². The summed E-state index contributed by atoms with van der Waals surface area (Å²) in [5.74, 6) is 1.58. The molecule has 7 heteroatoms. The maximum Gasteiger partial charge on any atom is 0.358 e. The van der Waals surface area contributed by atoms with E-state index in [9.17, 15) is 9.90 Å². The topological polar surface area (TPSA) is 77.2 Å². The van der Waals surface area contributed by atoms with E-state index in [0.29, 0.717) is 5.92 Å². The zero-order valence-corrected chi connectivity index (χ0v) is 12.6. The molecule has 2 unspecified atom stereocenters. The summed E-state index contributed by atoms with van der Waals surface area (Å²) in [6, 6.07) is 0.230. The SMILES string of the molecule is O=C(O)c1nnn(C2CCOC3(CCSC3)C2)c1C1CC1. The molecule has 0 bridgehead atoms. The standard InChI is InChI=1S/C14H19N3O3S/c18-13(19)11-12(9-1-2-9)17(16-15-11)10-3-5-20-14(7-10)4-6-21-8-14/h9-10H,1-8H2,(H,18,19). The molecule has 114 valence electrons. The maximum absolute atomic E-state index is 11.4. The highest BCUT2D eigenvalue weighted by Crippen LogP contribution is 2.46. The van der Waals surface area contributed by atoms with E-state index < -0.39 is 5.97 Å². The van der Waals surface area contributed by atoms with E-state index >= 15 is 0 Å². The number of carboxylic acids is 1. The molecule has 1 aliphatic carbocycles. The number of rotatable bonds is 3. The van der Waals surface area contributed by atoms with Gasteiger partial charge >= 0.3 is 5.97 Å². The Labute approximate surface area is 127 Å². The molecule has 0 radical (unpaired) electrons. The van der Waals surface area contributed by atoms with Gasteiger partial charge in [0.15, 0.2) is 5.69 Å². The minimum atomic E-state index is -0.957. The number of thioether (sulfide) groups is 1. The van der Waals surface area contributed by atoms with E-state index in [4.69, 9.17) is 4.74 Å². The Hall–Kier alpha value is -1.08. The highest BCUT2D eigenvalue weighted by atomic mass is 32.2. The number of aromatic nitrogens is 3. The number of hydrogen-bond acceptors (Lipinski definition) is 5. The zero-order chi connectivity index (χ0) is 14.4. The van der Waals surface area contributed by atoms with Gasteiger partial charge in [-0.1, -0.05) is 5.21 Å². The van der Waals surface area contributed by atoms with Crippen LogP contribution in [0, 0.1) is 0 Å². The van der Waals surface area contributed by atoms with E-state index in [1.807, 2.05) is 16.4 Å². The van der Waals surface area contributed by atoms with Crippen molar-refractivity contribution in [2.45, 2.75) is 49.7 Å². The van der Waals surface area contributed by atoms with Crippen LogP contribution in [0.4, 0.5) is 0 Å². The quantitative estimate of drug-likeness (QED) is 0.921. The third kappa shape index (κ3) is 2.36. The van der Waals surface area contributed by atoms with Gasteiger partial charge in [-0.15, -0.1) is 5.10 Å². The Bertz CT molecular complexity index is 564. The fraction of sp³-hybridized carbons (Fsp3) is 0.786. The van der Waals surface area contributed by atoms with Gasteiger partial charge in [0.1, 0.15) is 0 Å². The highest BCUT2D eigenvalue weighted by Gasteiger charge is 2.43. The average Bonchev–Trinajstić information content (AvgIpc) is 3.05. The molecule has 1 N–H and O–H groups in total. The molecule has 3 fully saturated rings. The summed E-state index contributed by atoms with van der Waals surface area (Å²) in [7, 11) is 0. The molecule has 2 atom stereocenters. The van der Waals surface area contributed by atoms with Crippen molar-refractivity contribution in [1.29, 1.82) is 0 Å². The molecule has 0 amide bonds. The third-order valence-electron chi connectivity index (χ3n) is 4.78. The van der Waals surface area contributed by atoms with Gasteiger partial charge in [0, 0.05) is 18.3 Å². The molecule has 1 spiro atoms. The molecule has 6 nitrogen and oxygen atoms in total. The van der Waals surface area contributed by atoms with E-state index in [1.54, 1.807) is 0 Å². The number of hydrogen-bond donors (Lipinski definition) is 1. The molecule has 3 aliphatic rings. The van der Waals surface area contributed by atoms with Crippen LogP contribution in [0.1, 0.15) is 60.2 Å². The van der Waals surface area contributed by atoms with E-state index in [2.05, 4.69) is 10.3 Å². The molecule has 1 saturated carbocycles. The summed E-state index contributed by atoms with van der Waals surface area (Å²) in [5.41, 5.74) is 0.970. The summed E-state index contributed by atoms with van der Waals surface area (Å²) >= 11 is 1.95. The Balaban J connectivity index is 1.65. The van der Waals surface area contributed by atoms with Gasteiger partial charge in [-0.25, -0.2) is 9.48 Å². The molecule has 2 saturated heterocycles. The van der Waals surface area contributed by atoms with Crippen LogP contribution in [0.5, 0.6) is 0 Å². The average molecular weight is 309 g/mol. The number of aromatic carboxylic acids is 1. The second-order valence-corrected chi connectivity index (χ2v) is 7.43. The Morgan fingerprint density at radius 2 is 2.29 bits per heavy atom. The predicted octanol–water partition coefficient (Wildman–Crippen LogP) is 2.08. The second-order valence-electron chi connectivity index (χ2n) is 6.33. The van der Waals surface area contributed by atoms with Crippen molar-refractivity contribution in [2.75, 3.05) is 18.1 Å². The summed E-state index contributed by atoms with van der Waals surface area (Å²) in [6.45, 7) is 0.734. The first-order valence-corrected chi connectivity index (χ1v) is 8.74. The van der Waals surface area contributed by atoms with Crippen LogP contribution in [-0.4, -0.2) is 49.8 Å². The van der Waals surface area contributed by atoms with Crippen molar-refractivity contribution >= 4 is 17.7 Å². The van der Waals surface area contributed by atoms with Crippen LogP contribution in [0.3, 0.4) is 0 Å². The lowest BCUT2D eigenvalue weighted by molar-refractivity contribution is -0.0783. The van der Waals surface area contributed by atoms with Gasteiger partial charge < -0.3 is 9.84 Å². The van der Waals surface area contributed by atoms with Crippen molar-refractivity contribution in [3.8, 4) is 0 Å². The van der Waals surface area contributed by atoms with Crippen LogP contribution < -0.4 is 0 Å². The molecular weight excluding hydrogens is 290 g/mol. The minimum absolute atomic E-state index is 0.0241. The lowest BCUT2D eigenvalue weighted by atomic mass is 9.89. The third-order valence-corrected chi connectivity index (χ3v) is 6.00. The van der Waals surface area contributed by atoms with Crippen LogP contribution in [0.25, 0.3) is 0 Å². The van der Waals surface area contributed by atoms with Gasteiger partial charge in [0.05, 0.1) is 17.3 Å². The summed E-state index contributed by atoms with van der Waals surface area (Å²) in [4.78, 5) is 11.4. The van der Waals surface area contributed by atoms with Gasteiger partial charge in [-0.05, 0) is 37.9 Å². The summed E-state index contributed by atoms with van der Waals surface area (Å²) in [6.07, 6.45) is 5.03. The van der Waals surface area contributed by atoms with Crippen molar-refractivity contribution in [3.05, 3.63) is 11.4 Å². The molecular formula is C14H19N3O3S. The van der Waals surface area contributed by atoms with Crippen LogP contribution in [0.2, 0.25) is 0 Å². The molecule has 2 aliphatic heterocycles. The van der Waals surface area contributed by atoms with E-state index in [-0.39, 0.29) is 17.3 Å². The number of nitrogens with zero attached hydrogens (tertiary/aromatic N) is 3. The number of carbonyl (C=O) groups is 1. The molecule has 4 rings (SSSR count). The first-order chi connectivity index (χ1) is 10.2. The summed E-state index contributed by atoms with van der Waals surface area (Å²) in [5, 5.41) is 17.5. The fourth-order valence-electron chi connectivity index (χ4n) is 3.53. The Kier molecular flexibility index (Phi) is 3.22. The van der Waals surface area contributed by atoms with Crippen molar-refractivity contribution in [2.24, 2.45) is 0 Å². The zero-order valence-electron chi connectivity index (χ0n) is 11.8. The normalized spacial score (nSPS) is 32.7. The lowest BCUT2D eigenvalue weighted by Crippen LogP contribution is -2.41. The highest BCUT2D eigenvalue weighted by molar-refractivity contribution is 7.99. The molecule has 1 aromatic rings. The van der Waals surface area contributed by atoms with Gasteiger partial charge in [0.2, 0.25) is 0 Å². The predicted molar refractivity (Wildman–Crippen MR) is 77.9 cm³/mol. The second kappa shape index (κ2) is 4.98. The molecule has 0 aromatic carbocycles. The minimum Gasteiger partial charge on any atom is -0.476 e. The number of carboxylic acid groups (broad SMARTS) is 1. The molecule has 3 heterocycles. The first kappa shape index (κ1) is 13.6. The van der Waals surface area contributed by atoms with Crippen molar-refractivity contribution in [3.63, 3.8) is 0 Å². The lowest BCUT2D eigenvalue weighted by Gasteiger charge is -2.38. The van der Waals surface area contributed by atoms with Gasteiger partial charge in [-0.2, -0.15) is 11.8 Å². The Morgan fingerprint density at radius 3 is 2.95 bits per heavy atom. The van der Waals surface area contributed by atoms with Crippen LogP contribution in [-0.2, 0) is 4.74 Å². The van der Waals surface area contributed by atoms with Crippen molar-refractivity contribution < 1.29 is 14.6 Å². The van der Waals surface area contributed by atoms with Crippen LogP contribution >= 0.6 is 11.8 Å². The smallest absolute Gasteiger partial charge is 0.358 e. The van der Waals surface area contributed by atoms with E-state index in [1.165, 1.54) is 0 Å². The van der Waals surface area contributed by atoms with Gasteiger partial charge in [0.25, 0.3) is 0 Å². The number of ether oxygens (including phenoxy) is 1. The molecule has 21 heavy (non-hydrogen) atoms. The van der Waals surface area contributed by atoms with Crippen LogP contribution in [0.15, 0.2) is 0 Å². The maximum atomic E-state index is 11.4. The Morgan fingerprint density at radius 1 is 1.43 bits per heavy atom. The fourth-order valence-corrected chi connectivity index (χ4v) is 4.91. The first-order valence-electron chi connectivity index (χ1n) is 7.59. The van der Waals surface area contributed by atoms with Crippen molar-refractivity contribution in [1.82, 2.24) is 15.0 Å². The van der Waals surface area contributed by atoms with E-state index in [0.717, 1.165) is 55.9 Å². The summed E-state index contributed by atoms with van der Waals surface area (Å²) < 4.78 is 7.96. The largest absolute Gasteiger partial charge is 0.476 e. The monoisotopic (exact) mass is 309 g/mol. The molecule has 1 aromatic heterocycles.